The second-order valence-electron chi connectivity index (χ2n) is 3.64. The van der Waals surface area contributed by atoms with Crippen molar-refractivity contribution in [3.05, 3.63) is 33.1 Å². The SMILES string of the molecule is O=C(O)[C@H]1[C@H](c2ccc(F)c(I)c2)C1(Cl)Cl. The fraction of sp³-hybridized carbons (Fsp3) is 0.300. The van der Waals surface area contributed by atoms with Gasteiger partial charge in [0.15, 0.2) is 0 Å². The Hall–Kier alpha value is -0.0700. The van der Waals surface area contributed by atoms with E-state index < -0.39 is 22.1 Å². The van der Waals surface area contributed by atoms with Crippen molar-refractivity contribution in [2.24, 2.45) is 5.92 Å². The maximum absolute atomic E-state index is 13.0. The number of carbonyl (C=O) groups is 1. The molecule has 0 heterocycles. The summed E-state index contributed by atoms with van der Waals surface area (Å²) in [5, 5.41) is 8.90. The number of carboxylic acid groups (broad SMARTS) is 1. The molecule has 1 aromatic carbocycles. The van der Waals surface area contributed by atoms with Crippen LogP contribution < -0.4 is 0 Å². The Morgan fingerprint density at radius 3 is 2.56 bits per heavy atom. The van der Waals surface area contributed by atoms with Crippen LogP contribution in [0.5, 0.6) is 0 Å². The molecule has 0 radical (unpaired) electrons. The summed E-state index contributed by atoms with van der Waals surface area (Å²) < 4.78 is 12.2. The van der Waals surface area contributed by atoms with Crippen LogP contribution in [-0.4, -0.2) is 15.4 Å². The zero-order chi connectivity index (χ0) is 12.1. The number of hydrogen-bond acceptors (Lipinski definition) is 1. The predicted octanol–water partition coefficient (Wildman–Crippen LogP) is 3.40. The first-order chi connectivity index (χ1) is 7.35. The van der Waals surface area contributed by atoms with E-state index in [1.165, 1.54) is 12.1 Å². The van der Waals surface area contributed by atoms with Gasteiger partial charge in [-0.3, -0.25) is 4.79 Å². The number of benzene rings is 1. The highest BCUT2D eigenvalue weighted by Gasteiger charge is 2.68. The highest BCUT2D eigenvalue weighted by molar-refractivity contribution is 14.1. The molecule has 1 aliphatic carbocycles. The molecule has 1 aliphatic rings. The number of alkyl halides is 2. The van der Waals surface area contributed by atoms with E-state index in [2.05, 4.69) is 0 Å². The van der Waals surface area contributed by atoms with Gasteiger partial charge in [0, 0.05) is 9.49 Å². The van der Waals surface area contributed by atoms with Crippen molar-refractivity contribution < 1.29 is 14.3 Å². The molecule has 0 amide bonds. The lowest BCUT2D eigenvalue weighted by molar-refractivity contribution is -0.138. The average molecular weight is 375 g/mol. The summed E-state index contributed by atoms with van der Waals surface area (Å²) in [6, 6.07) is 4.38. The van der Waals surface area contributed by atoms with Gasteiger partial charge in [0.25, 0.3) is 0 Å². The monoisotopic (exact) mass is 374 g/mol. The minimum Gasteiger partial charge on any atom is -0.481 e. The molecule has 0 unspecified atom stereocenters. The number of rotatable bonds is 2. The van der Waals surface area contributed by atoms with Gasteiger partial charge >= 0.3 is 5.97 Å². The van der Waals surface area contributed by atoms with Gasteiger partial charge in [-0.1, -0.05) is 29.3 Å². The summed E-state index contributed by atoms with van der Waals surface area (Å²) in [6.07, 6.45) is 0. The number of carboxylic acids is 1. The summed E-state index contributed by atoms with van der Waals surface area (Å²) in [4.78, 5) is 10.9. The second-order valence-corrected chi connectivity index (χ2v) is 6.25. The number of aliphatic carboxylic acids is 1. The van der Waals surface area contributed by atoms with E-state index in [0.717, 1.165) is 0 Å². The Kier molecular flexibility index (Phi) is 3.09. The summed E-state index contributed by atoms with van der Waals surface area (Å²) in [5.41, 5.74) is 0.656. The van der Waals surface area contributed by atoms with E-state index in [4.69, 9.17) is 28.3 Å². The minimum absolute atomic E-state index is 0.341. The van der Waals surface area contributed by atoms with Crippen LogP contribution in [0, 0.1) is 15.3 Å². The summed E-state index contributed by atoms with van der Waals surface area (Å²) in [6.45, 7) is 0. The smallest absolute Gasteiger partial charge is 0.310 e. The molecule has 1 aromatic rings. The van der Waals surface area contributed by atoms with Crippen molar-refractivity contribution in [2.45, 2.75) is 10.3 Å². The van der Waals surface area contributed by atoms with Crippen LogP contribution in [0.3, 0.4) is 0 Å². The van der Waals surface area contributed by atoms with E-state index in [9.17, 15) is 9.18 Å². The molecule has 0 bridgehead atoms. The summed E-state index contributed by atoms with van der Waals surface area (Å²) in [5.74, 6) is -2.67. The molecule has 0 spiro atoms. The van der Waals surface area contributed by atoms with E-state index in [-0.39, 0.29) is 5.82 Å². The average Bonchev–Trinajstić information content (AvgIpc) is 2.74. The molecule has 1 saturated carbocycles. The van der Waals surface area contributed by atoms with Crippen LogP contribution in [0.2, 0.25) is 0 Å². The van der Waals surface area contributed by atoms with Crippen molar-refractivity contribution in [2.75, 3.05) is 0 Å². The minimum atomic E-state index is -1.28. The molecule has 0 aromatic heterocycles. The van der Waals surface area contributed by atoms with Gasteiger partial charge in [0.05, 0.1) is 5.92 Å². The van der Waals surface area contributed by atoms with Crippen molar-refractivity contribution in [1.82, 2.24) is 0 Å². The predicted molar refractivity (Wildman–Crippen MR) is 67.4 cm³/mol. The topological polar surface area (TPSA) is 37.3 Å². The van der Waals surface area contributed by atoms with Gasteiger partial charge in [-0.2, -0.15) is 0 Å². The third-order valence-corrected chi connectivity index (χ3v) is 4.39. The molecule has 0 saturated heterocycles. The lowest BCUT2D eigenvalue weighted by atomic mass is 10.1. The van der Waals surface area contributed by atoms with Gasteiger partial charge in [0.2, 0.25) is 0 Å². The molecule has 2 nitrogen and oxygen atoms in total. The van der Waals surface area contributed by atoms with Gasteiger partial charge in [-0.15, -0.1) is 0 Å². The van der Waals surface area contributed by atoms with Gasteiger partial charge in [-0.05, 0) is 40.3 Å². The van der Waals surface area contributed by atoms with Crippen molar-refractivity contribution >= 4 is 51.8 Å². The molecule has 1 N–H and O–H groups in total. The van der Waals surface area contributed by atoms with Crippen molar-refractivity contribution in [3.63, 3.8) is 0 Å². The molecule has 0 aliphatic heterocycles. The fourth-order valence-electron chi connectivity index (χ4n) is 1.75. The second kappa shape index (κ2) is 3.99. The molecule has 2 rings (SSSR count). The van der Waals surface area contributed by atoms with Gasteiger partial charge < -0.3 is 5.11 Å². The van der Waals surface area contributed by atoms with Crippen LogP contribution in [0.1, 0.15) is 11.5 Å². The maximum Gasteiger partial charge on any atom is 0.310 e. The number of hydrogen-bond donors (Lipinski definition) is 1. The van der Waals surface area contributed by atoms with E-state index in [0.29, 0.717) is 9.13 Å². The van der Waals surface area contributed by atoms with Gasteiger partial charge in [0.1, 0.15) is 10.2 Å². The van der Waals surface area contributed by atoms with Crippen molar-refractivity contribution in [1.29, 1.82) is 0 Å². The molecule has 2 atom stereocenters. The summed E-state index contributed by atoms with van der Waals surface area (Å²) in [7, 11) is 0. The molecular weight excluding hydrogens is 369 g/mol. The highest BCUT2D eigenvalue weighted by atomic mass is 127. The lowest BCUT2D eigenvalue weighted by Gasteiger charge is -2.01. The van der Waals surface area contributed by atoms with E-state index >= 15 is 0 Å². The molecule has 6 heteroatoms. The Bertz CT molecular complexity index is 464. The molecule has 1 fully saturated rings. The van der Waals surface area contributed by atoms with Crippen LogP contribution in [0.25, 0.3) is 0 Å². The molecule has 16 heavy (non-hydrogen) atoms. The largest absolute Gasteiger partial charge is 0.481 e. The lowest BCUT2D eigenvalue weighted by Crippen LogP contribution is -2.03. The van der Waals surface area contributed by atoms with Crippen LogP contribution in [0.15, 0.2) is 18.2 Å². The van der Waals surface area contributed by atoms with Crippen LogP contribution in [-0.2, 0) is 4.79 Å². The first kappa shape index (κ1) is 12.4. The highest BCUT2D eigenvalue weighted by Crippen LogP contribution is 2.65. The fourth-order valence-corrected chi connectivity index (χ4v) is 3.11. The summed E-state index contributed by atoms with van der Waals surface area (Å²) >= 11 is 13.6. The zero-order valence-electron chi connectivity index (χ0n) is 7.75. The van der Waals surface area contributed by atoms with Crippen LogP contribution >= 0.6 is 45.8 Å². The maximum atomic E-state index is 13.0. The van der Waals surface area contributed by atoms with Crippen molar-refractivity contribution in [3.8, 4) is 0 Å². The zero-order valence-corrected chi connectivity index (χ0v) is 11.4. The first-order valence-corrected chi connectivity index (χ1v) is 6.24. The standard InChI is InChI=1S/C10H6Cl2FIO2/c11-10(12)7(8(10)9(15)16)4-1-2-5(13)6(14)3-4/h1-3,7-8H,(H,15,16)/t7-,8+/m0/s1. The van der Waals surface area contributed by atoms with E-state index in [1.807, 2.05) is 22.6 Å². The molecular formula is C10H6Cl2FIO2. The molecule has 86 valence electrons. The van der Waals surface area contributed by atoms with E-state index in [1.54, 1.807) is 6.07 Å². The number of halogens is 4. The Morgan fingerprint density at radius 1 is 1.50 bits per heavy atom. The normalized spacial score (nSPS) is 26.5. The Labute approximate surface area is 115 Å². The third kappa shape index (κ3) is 1.91. The quantitative estimate of drug-likeness (QED) is 0.636. The third-order valence-electron chi connectivity index (χ3n) is 2.62. The van der Waals surface area contributed by atoms with Gasteiger partial charge in [-0.25, -0.2) is 4.39 Å². The van der Waals surface area contributed by atoms with Crippen LogP contribution in [0.4, 0.5) is 4.39 Å². The Morgan fingerprint density at radius 2 is 2.12 bits per heavy atom. The Balaban J connectivity index is 2.33. The first-order valence-electron chi connectivity index (χ1n) is 4.41.